The van der Waals surface area contributed by atoms with Gasteiger partial charge in [-0.15, -0.1) is 0 Å². The maximum absolute atomic E-state index is 14.0. The van der Waals surface area contributed by atoms with E-state index in [0.29, 0.717) is 25.1 Å². The van der Waals surface area contributed by atoms with Crippen molar-refractivity contribution in [3.63, 3.8) is 0 Å². The second-order valence-electron chi connectivity index (χ2n) is 6.59. The van der Waals surface area contributed by atoms with E-state index in [9.17, 15) is 23.7 Å². The van der Waals surface area contributed by atoms with Crippen LogP contribution < -0.4 is 10.2 Å². The Morgan fingerprint density at radius 1 is 1.38 bits per heavy atom. The van der Waals surface area contributed by atoms with Crippen LogP contribution in [0.4, 0.5) is 25.0 Å². The Balaban J connectivity index is 2.06. The number of alkyl carbamates (subject to hydrolysis) is 1. The van der Waals surface area contributed by atoms with Crippen LogP contribution in [0.2, 0.25) is 0 Å². The molecule has 7 nitrogen and oxygen atoms in total. The predicted molar refractivity (Wildman–Crippen MR) is 83.0 cm³/mol. The first-order chi connectivity index (χ1) is 11.1. The Morgan fingerprint density at radius 2 is 1.96 bits per heavy atom. The quantitative estimate of drug-likeness (QED) is 0.674. The molecule has 1 unspecified atom stereocenters. The normalized spacial score (nSPS) is 17.7. The van der Waals surface area contributed by atoms with Crippen LogP contribution in [0.25, 0.3) is 0 Å². The van der Waals surface area contributed by atoms with Crippen molar-refractivity contribution in [3.05, 3.63) is 33.9 Å². The third kappa shape index (κ3) is 4.30. The van der Waals surface area contributed by atoms with Crippen LogP contribution in [0.1, 0.15) is 27.2 Å². The van der Waals surface area contributed by atoms with Crippen molar-refractivity contribution in [2.45, 2.75) is 38.8 Å². The molecule has 1 aliphatic rings. The molecule has 132 valence electrons. The number of ether oxygens (including phenoxy) is 1. The van der Waals surface area contributed by atoms with Gasteiger partial charge in [-0.05, 0) is 27.2 Å². The number of carbonyl (C=O) groups excluding carboxylic acids is 1. The highest BCUT2D eigenvalue weighted by molar-refractivity contribution is 5.68. The largest absolute Gasteiger partial charge is 0.444 e. The molecule has 0 bridgehead atoms. The zero-order valence-corrected chi connectivity index (χ0v) is 13.6. The molecule has 9 heteroatoms. The van der Waals surface area contributed by atoms with E-state index in [-0.39, 0.29) is 18.3 Å². The van der Waals surface area contributed by atoms with E-state index in [4.69, 9.17) is 4.74 Å². The van der Waals surface area contributed by atoms with Crippen LogP contribution in [-0.2, 0) is 4.74 Å². The summed E-state index contributed by atoms with van der Waals surface area (Å²) in [5.74, 6) is -2.00. The number of amides is 1. The maximum atomic E-state index is 14.0. The first-order valence-corrected chi connectivity index (χ1v) is 7.45. The number of carbonyl (C=O) groups is 1. The van der Waals surface area contributed by atoms with Crippen LogP contribution >= 0.6 is 0 Å². The Morgan fingerprint density at radius 3 is 2.46 bits per heavy atom. The SMILES string of the molecule is CC(C)(C)OC(=O)NC1CCN(c2c(F)cc([N+](=O)[O-])cc2F)C1. The summed E-state index contributed by atoms with van der Waals surface area (Å²) < 4.78 is 33.2. The minimum Gasteiger partial charge on any atom is -0.444 e. The summed E-state index contributed by atoms with van der Waals surface area (Å²) >= 11 is 0. The van der Waals surface area contributed by atoms with Gasteiger partial charge in [0.1, 0.15) is 11.3 Å². The summed E-state index contributed by atoms with van der Waals surface area (Å²) in [6.07, 6.45) is -0.117. The highest BCUT2D eigenvalue weighted by Gasteiger charge is 2.30. The molecule has 1 aromatic carbocycles. The highest BCUT2D eigenvalue weighted by Crippen LogP contribution is 2.30. The molecule has 0 radical (unpaired) electrons. The molecule has 1 fully saturated rings. The lowest BCUT2D eigenvalue weighted by atomic mass is 10.2. The van der Waals surface area contributed by atoms with Crippen molar-refractivity contribution in [3.8, 4) is 0 Å². The molecule has 1 N–H and O–H groups in total. The van der Waals surface area contributed by atoms with E-state index in [2.05, 4.69) is 5.32 Å². The van der Waals surface area contributed by atoms with Gasteiger partial charge in [0, 0.05) is 13.1 Å². The lowest BCUT2D eigenvalue weighted by Crippen LogP contribution is -2.40. The third-order valence-electron chi connectivity index (χ3n) is 3.44. The predicted octanol–water partition coefficient (Wildman–Crippen LogP) is 2.98. The van der Waals surface area contributed by atoms with E-state index in [1.54, 1.807) is 20.8 Å². The van der Waals surface area contributed by atoms with Gasteiger partial charge in [0.2, 0.25) is 0 Å². The van der Waals surface area contributed by atoms with Gasteiger partial charge in [-0.25, -0.2) is 13.6 Å². The summed E-state index contributed by atoms with van der Waals surface area (Å²) in [7, 11) is 0. The molecular weight excluding hydrogens is 324 g/mol. The van der Waals surface area contributed by atoms with Crippen LogP contribution in [0, 0.1) is 21.7 Å². The second-order valence-corrected chi connectivity index (χ2v) is 6.59. The smallest absolute Gasteiger partial charge is 0.407 e. The van der Waals surface area contributed by atoms with Gasteiger partial charge in [0.05, 0.1) is 23.1 Å². The first-order valence-electron chi connectivity index (χ1n) is 7.45. The van der Waals surface area contributed by atoms with E-state index >= 15 is 0 Å². The molecule has 1 heterocycles. The van der Waals surface area contributed by atoms with Crippen LogP contribution in [-0.4, -0.2) is 35.7 Å². The van der Waals surface area contributed by atoms with Crippen LogP contribution in [0.3, 0.4) is 0 Å². The molecule has 0 aromatic heterocycles. The number of rotatable bonds is 3. The molecule has 24 heavy (non-hydrogen) atoms. The fraction of sp³-hybridized carbons (Fsp3) is 0.533. The highest BCUT2D eigenvalue weighted by atomic mass is 19.1. The van der Waals surface area contributed by atoms with Crippen LogP contribution in [0.15, 0.2) is 12.1 Å². The Labute approximate surface area is 137 Å². The number of non-ortho nitro benzene ring substituents is 1. The number of nitrogens with one attached hydrogen (secondary N) is 1. The molecule has 0 aliphatic carbocycles. The minimum absolute atomic E-state index is 0.185. The van der Waals surface area contributed by atoms with Crippen molar-refractivity contribution in [2.24, 2.45) is 0 Å². The molecule has 1 aromatic rings. The van der Waals surface area contributed by atoms with Crippen molar-refractivity contribution in [1.82, 2.24) is 5.32 Å². The monoisotopic (exact) mass is 343 g/mol. The molecule has 1 aliphatic heterocycles. The van der Waals surface area contributed by atoms with Crippen LogP contribution in [0.5, 0.6) is 0 Å². The average molecular weight is 343 g/mol. The lowest BCUT2D eigenvalue weighted by molar-refractivity contribution is -0.385. The summed E-state index contributed by atoms with van der Waals surface area (Å²) in [6, 6.07) is 1.05. The number of nitrogens with zero attached hydrogens (tertiary/aromatic N) is 2. The van der Waals surface area contributed by atoms with Gasteiger partial charge in [0.15, 0.2) is 11.6 Å². The first kappa shape index (κ1) is 17.9. The number of hydrogen-bond acceptors (Lipinski definition) is 5. The topological polar surface area (TPSA) is 84.7 Å². The van der Waals surface area contributed by atoms with Gasteiger partial charge in [-0.2, -0.15) is 0 Å². The molecule has 1 amide bonds. The molecule has 1 saturated heterocycles. The maximum Gasteiger partial charge on any atom is 0.407 e. The summed E-state index contributed by atoms with van der Waals surface area (Å²) in [5, 5.41) is 13.3. The fourth-order valence-corrected chi connectivity index (χ4v) is 2.52. The number of benzene rings is 1. The number of nitro groups is 1. The lowest BCUT2D eigenvalue weighted by Gasteiger charge is -2.22. The van der Waals surface area contributed by atoms with Crippen molar-refractivity contribution in [1.29, 1.82) is 0 Å². The summed E-state index contributed by atoms with van der Waals surface area (Å²) in [4.78, 5) is 22.9. The van der Waals surface area contributed by atoms with Gasteiger partial charge >= 0.3 is 6.09 Å². The average Bonchev–Trinajstić information content (AvgIpc) is 2.83. The zero-order valence-electron chi connectivity index (χ0n) is 13.6. The standard InChI is InChI=1S/C15H19F2N3O4/c1-15(2,3)24-14(21)18-9-4-5-19(8-9)13-11(16)6-10(20(22)23)7-12(13)17/h6-7,9H,4-5,8H2,1-3H3,(H,18,21). The third-order valence-corrected chi connectivity index (χ3v) is 3.44. The second kappa shape index (κ2) is 6.58. The van der Waals surface area contributed by atoms with Crippen molar-refractivity contribution < 1.29 is 23.2 Å². The Bertz CT molecular complexity index is 638. The van der Waals surface area contributed by atoms with E-state index in [1.807, 2.05) is 0 Å². The van der Waals surface area contributed by atoms with E-state index in [1.165, 1.54) is 4.90 Å². The van der Waals surface area contributed by atoms with Gasteiger partial charge in [-0.3, -0.25) is 10.1 Å². The summed E-state index contributed by atoms with van der Waals surface area (Å²) in [5.41, 5.74) is -1.61. The number of anilines is 1. The van der Waals surface area contributed by atoms with Crippen molar-refractivity contribution >= 4 is 17.5 Å². The molecule has 0 saturated carbocycles. The number of halogens is 2. The van der Waals surface area contributed by atoms with E-state index in [0.717, 1.165) is 0 Å². The molecular formula is C15H19F2N3O4. The summed E-state index contributed by atoms with van der Waals surface area (Å²) in [6.45, 7) is 5.69. The minimum atomic E-state index is -1.00. The molecule has 1 atom stereocenters. The molecule has 2 rings (SSSR count). The number of nitro benzene ring substituents is 1. The molecule has 0 spiro atoms. The fourth-order valence-electron chi connectivity index (χ4n) is 2.52. The Hall–Kier alpha value is -2.45. The number of hydrogen-bond donors (Lipinski definition) is 1. The van der Waals surface area contributed by atoms with Gasteiger partial charge in [-0.1, -0.05) is 0 Å². The van der Waals surface area contributed by atoms with Gasteiger partial charge < -0.3 is 15.0 Å². The van der Waals surface area contributed by atoms with Gasteiger partial charge in [0.25, 0.3) is 5.69 Å². The Kier molecular flexibility index (Phi) is 4.91. The zero-order chi connectivity index (χ0) is 18.1. The van der Waals surface area contributed by atoms with Crippen molar-refractivity contribution in [2.75, 3.05) is 18.0 Å². The van der Waals surface area contributed by atoms with E-state index < -0.39 is 33.9 Å².